The van der Waals surface area contributed by atoms with Crippen LogP contribution in [0.2, 0.25) is 0 Å². The number of hydrogen-bond acceptors (Lipinski definition) is 2. The normalized spacial score (nSPS) is 29.1. The highest BCUT2D eigenvalue weighted by atomic mass is 79.9. The van der Waals surface area contributed by atoms with Gasteiger partial charge in [0.1, 0.15) is 5.75 Å². The number of halogens is 1. The van der Waals surface area contributed by atoms with Crippen molar-refractivity contribution in [3.05, 3.63) is 27.7 Å². The van der Waals surface area contributed by atoms with Crippen LogP contribution in [0.1, 0.15) is 37.3 Å². The van der Waals surface area contributed by atoms with Crippen molar-refractivity contribution in [1.29, 1.82) is 0 Å². The second-order valence-corrected chi connectivity index (χ2v) is 7.34. The Kier molecular flexibility index (Phi) is 4.37. The molecule has 2 nitrogen and oxygen atoms in total. The summed E-state index contributed by atoms with van der Waals surface area (Å²) in [4.78, 5) is 0. The average Bonchev–Trinajstić information content (AvgIpc) is 2.87. The number of nitrogens with one attached hydrogen (secondary N) is 1. The van der Waals surface area contributed by atoms with Gasteiger partial charge in [-0.2, -0.15) is 0 Å². The molecule has 2 aliphatic rings. The van der Waals surface area contributed by atoms with Gasteiger partial charge in [-0.3, -0.25) is 0 Å². The van der Waals surface area contributed by atoms with E-state index in [1.165, 1.54) is 40.6 Å². The van der Waals surface area contributed by atoms with Crippen molar-refractivity contribution in [2.75, 3.05) is 13.7 Å². The Hall–Kier alpha value is -0.540. The Morgan fingerprint density at radius 2 is 2.20 bits per heavy atom. The predicted molar refractivity (Wildman–Crippen MR) is 86.4 cm³/mol. The Morgan fingerprint density at radius 1 is 1.35 bits per heavy atom. The fourth-order valence-electron chi connectivity index (χ4n) is 3.88. The van der Waals surface area contributed by atoms with Gasteiger partial charge in [0.25, 0.3) is 0 Å². The van der Waals surface area contributed by atoms with Crippen LogP contribution in [-0.2, 0) is 12.8 Å². The molecule has 1 fully saturated rings. The lowest BCUT2D eigenvalue weighted by Gasteiger charge is -2.35. The molecule has 0 spiro atoms. The molecule has 0 saturated heterocycles. The molecule has 0 amide bonds. The summed E-state index contributed by atoms with van der Waals surface area (Å²) in [5.41, 5.74) is 2.77. The number of fused-ring (bicyclic) bond motifs is 1. The van der Waals surface area contributed by atoms with Gasteiger partial charge in [-0.25, -0.2) is 0 Å². The summed E-state index contributed by atoms with van der Waals surface area (Å²) < 4.78 is 7.08. The third-order valence-corrected chi connectivity index (χ3v) is 5.38. The maximum absolute atomic E-state index is 5.88. The fourth-order valence-corrected chi connectivity index (χ4v) is 4.44. The first-order valence-corrected chi connectivity index (χ1v) is 8.58. The van der Waals surface area contributed by atoms with Crippen LogP contribution in [0, 0.1) is 11.8 Å². The molecule has 3 atom stereocenters. The highest BCUT2D eigenvalue weighted by molar-refractivity contribution is 9.10. The van der Waals surface area contributed by atoms with Crippen molar-refractivity contribution in [3.63, 3.8) is 0 Å². The van der Waals surface area contributed by atoms with Crippen molar-refractivity contribution < 1.29 is 4.74 Å². The number of hydrogen-bond donors (Lipinski definition) is 1. The number of ether oxygens (including phenoxy) is 1. The summed E-state index contributed by atoms with van der Waals surface area (Å²) in [6, 6.07) is 5.13. The quantitative estimate of drug-likeness (QED) is 0.901. The first-order valence-electron chi connectivity index (χ1n) is 7.78. The first-order chi connectivity index (χ1) is 9.67. The minimum atomic E-state index is 0.655. The van der Waals surface area contributed by atoms with Crippen molar-refractivity contribution in [1.82, 2.24) is 5.32 Å². The van der Waals surface area contributed by atoms with Gasteiger partial charge in [-0.15, -0.1) is 0 Å². The van der Waals surface area contributed by atoms with Gasteiger partial charge in [-0.05, 0) is 67.8 Å². The van der Waals surface area contributed by atoms with Gasteiger partial charge in [0.05, 0.1) is 6.61 Å². The van der Waals surface area contributed by atoms with Crippen LogP contribution in [0.4, 0.5) is 0 Å². The van der Waals surface area contributed by atoms with Gasteiger partial charge in [0.15, 0.2) is 0 Å². The van der Waals surface area contributed by atoms with Gasteiger partial charge in [0, 0.05) is 16.9 Å². The molecule has 0 bridgehead atoms. The van der Waals surface area contributed by atoms with Gasteiger partial charge < -0.3 is 10.1 Å². The Labute approximate surface area is 130 Å². The molecule has 3 unspecified atom stereocenters. The summed E-state index contributed by atoms with van der Waals surface area (Å²) in [7, 11) is 2.11. The van der Waals surface area contributed by atoms with E-state index < -0.39 is 0 Å². The summed E-state index contributed by atoms with van der Waals surface area (Å²) in [5.74, 6) is 2.75. The van der Waals surface area contributed by atoms with Crippen LogP contribution in [-0.4, -0.2) is 19.7 Å². The molecule has 110 valence electrons. The molecule has 1 saturated carbocycles. The molecule has 3 rings (SSSR count). The van der Waals surface area contributed by atoms with Crippen molar-refractivity contribution in [2.45, 2.75) is 45.1 Å². The number of benzene rings is 1. The third-order valence-electron chi connectivity index (χ3n) is 4.92. The molecule has 1 aliphatic heterocycles. The summed E-state index contributed by atoms with van der Waals surface area (Å²) >= 11 is 3.65. The predicted octanol–water partition coefficient (Wildman–Crippen LogP) is 3.95. The molecule has 1 aromatic rings. The maximum Gasteiger partial charge on any atom is 0.125 e. The molecule has 3 heteroatoms. The lowest BCUT2D eigenvalue weighted by molar-refractivity contribution is 0.218. The van der Waals surface area contributed by atoms with E-state index in [-0.39, 0.29) is 0 Å². The van der Waals surface area contributed by atoms with E-state index in [4.69, 9.17) is 4.74 Å². The topological polar surface area (TPSA) is 21.3 Å². The van der Waals surface area contributed by atoms with E-state index in [0.29, 0.717) is 6.04 Å². The van der Waals surface area contributed by atoms with E-state index in [9.17, 15) is 0 Å². The van der Waals surface area contributed by atoms with Gasteiger partial charge >= 0.3 is 0 Å². The SMILES string of the molecule is CNC1CCC(C)CC1Cc1cc(Br)cc2c1OCC2. The molecule has 1 N–H and O–H groups in total. The largest absolute Gasteiger partial charge is 0.493 e. The van der Waals surface area contributed by atoms with Crippen molar-refractivity contribution in [3.8, 4) is 5.75 Å². The summed E-state index contributed by atoms with van der Waals surface area (Å²) in [6.45, 7) is 3.23. The molecule has 1 aliphatic carbocycles. The smallest absolute Gasteiger partial charge is 0.125 e. The second kappa shape index (κ2) is 6.07. The maximum atomic E-state index is 5.88. The van der Waals surface area contributed by atoms with E-state index in [0.717, 1.165) is 31.3 Å². The van der Waals surface area contributed by atoms with Crippen LogP contribution in [0.25, 0.3) is 0 Å². The lowest BCUT2D eigenvalue weighted by atomic mass is 9.76. The molecule has 1 aromatic carbocycles. The first kappa shape index (κ1) is 14.4. The molecule has 0 radical (unpaired) electrons. The molecule has 1 heterocycles. The third kappa shape index (κ3) is 2.89. The monoisotopic (exact) mass is 337 g/mol. The van der Waals surface area contributed by atoms with Crippen molar-refractivity contribution in [2.24, 2.45) is 11.8 Å². The minimum absolute atomic E-state index is 0.655. The molecular formula is C17H24BrNO. The zero-order valence-electron chi connectivity index (χ0n) is 12.4. The van der Waals surface area contributed by atoms with Crippen molar-refractivity contribution >= 4 is 15.9 Å². The summed E-state index contributed by atoms with van der Waals surface area (Å²) in [6.07, 6.45) is 6.18. The second-order valence-electron chi connectivity index (χ2n) is 6.43. The molecular weight excluding hydrogens is 314 g/mol. The zero-order chi connectivity index (χ0) is 14.1. The van der Waals surface area contributed by atoms with Gasteiger partial charge in [-0.1, -0.05) is 22.9 Å². The minimum Gasteiger partial charge on any atom is -0.493 e. The average molecular weight is 338 g/mol. The van der Waals surface area contributed by atoms with E-state index >= 15 is 0 Å². The van der Waals surface area contributed by atoms with Crippen LogP contribution in [0.5, 0.6) is 5.75 Å². The van der Waals surface area contributed by atoms with Crippen LogP contribution >= 0.6 is 15.9 Å². The standard InChI is InChI=1S/C17H24BrNO/c1-11-3-4-16(19-2)13(7-11)8-14-10-15(18)9-12-5-6-20-17(12)14/h9-11,13,16,19H,3-8H2,1-2H3. The highest BCUT2D eigenvalue weighted by Crippen LogP contribution is 2.38. The lowest BCUT2D eigenvalue weighted by Crippen LogP contribution is -2.39. The van der Waals surface area contributed by atoms with Crippen LogP contribution in [0.3, 0.4) is 0 Å². The Bertz CT molecular complexity index is 488. The summed E-state index contributed by atoms with van der Waals surface area (Å²) in [5, 5.41) is 3.52. The Morgan fingerprint density at radius 3 is 3.00 bits per heavy atom. The molecule has 20 heavy (non-hydrogen) atoms. The number of rotatable bonds is 3. The van der Waals surface area contributed by atoms with Crippen LogP contribution < -0.4 is 10.1 Å². The van der Waals surface area contributed by atoms with Crippen LogP contribution in [0.15, 0.2) is 16.6 Å². The Balaban J connectivity index is 1.83. The van der Waals surface area contributed by atoms with E-state index in [2.05, 4.69) is 47.4 Å². The van der Waals surface area contributed by atoms with Gasteiger partial charge in [0.2, 0.25) is 0 Å². The zero-order valence-corrected chi connectivity index (χ0v) is 14.0. The van der Waals surface area contributed by atoms with E-state index in [1.807, 2.05) is 0 Å². The van der Waals surface area contributed by atoms with E-state index in [1.54, 1.807) is 0 Å². The highest BCUT2D eigenvalue weighted by Gasteiger charge is 2.29. The fraction of sp³-hybridized carbons (Fsp3) is 0.647. The molecule has 0 aromatic heterocycles.